The van der Waals surface area contributed by atoms with Crippen molar-refractivity contribution in [2.24, 2.45) is 0 Å². The molecule has 0 fully saturated rings. The standard InChI is InChI=1S/C11H12N2O6S/c1-6(10(14)15)13(2)20(17,18)7-3-4-8-9(5-7)19-11(16)12-8/h3-6H,1-2H3,(H,12,16)(H,14,15). The highest BCUT2D eigenvalue weighted by Gasteiger charge is 2.29. The average molecular weight is 300 g/mol. The van der Waals surface area contributed by atoms with E-state index in [1.165, 1.54) is 32.2 Å². The van der Waals surface area contributed by atoms with Crippen LogP contribution in [0.1, 0.15) is 6.92 Å². The van der Waals surface area contributed by atoms with Crippen LogP contribution in [0.5, 0.6) is 0 Å². The number of nitrogens with one attached hydrogen (secondary N) is 1. The number of nitrogens with zero attached hydrogens (tertiary/aromatic N) is 1. The molecule has 0 saturated carbocycles. The molecule has 0 saturated heterocycles. The van der Waals surface area contributed by atoms with Crippen molar-refractivity contribution in [3.8, 4) is 0 Å². The van der Waals surface area contributed by atoms with Crippen molar-refractivity contribution in [3.63, 3.8) is 0 Å². The second-order valence-corrected chi connectivity index (χ2v) is 6.21. The van der Waals surface area contributed by atoms with E-state index in [1.54, 1.807) is 0 Å². The molecule has 9 heteroatoms. The van der Waals surface area contributed by atoms with Crippen molar-refractivity contribution in [1.82, 2.24) is 9.29 Å². The van der Waals surface area contributed by atoms with E-state index < -0.39 is 27.8 Å². The number of aliphatic carboxylic acids is 1. The van der Waals surface area contributed by atoms with Crippen LogP contribution in [0.4, 0.5) is 0 Å². The molecule has 1 atom stereocenters. The number of rotatable bonds is 4. The van der Waals surface area contributed by atoms with Crippen molar-refractivity contribution in [3.05, 3.63) is 28.7 Å². The molecule has 2 N–H and O–H groups in total. The minimum absolute atomic E-state index is 0.0902. The summed E-state index contributed by atoms with van der Waals surface area (Å²) in [4.78, 5) is 24.1. The molecule has 20 heavy (non-hydrogen) atoms. The molecule has 1 unspecified atom stereocenters. The third-order valence-electron chi connectivity index (χ3n) is 2.97. The van der Waals surface area contributed by atoms with E-state index in [2.05, 4.69) is 4.98 Å². The van der Waals surface area contributed by atoms with Gasteiger partial charge in [0.25, 0.3) is 0 Å². The van der Waals surface area contributed by atoms with Crippen LogP contribution in [-0.2, 0) is 14.8 Å². The molecular formula is C11H12N2O6S. The lowest BCUT2D eigenvalue weighted by Gasteiger charge is -2.20. The molecule has 2 rings (SSSR count). The largest absolute Gasteiger partial charge is 0.480 e. The van der Waals surface area contributed by atoms with Gasteiger partial charge in [-0.25, -0.2) is 13.2 Å². The fraction of sp³-hybridized carbons (Fsp3) is 0.273. The number of likely N-dealkylation sites (N-methyl/N-ethyl adjacent to an activating group) is 1. The van der Waals surface area contributed by atoms with E-state index in [-0.39, 0.29) is 10.5 Å². The minimum Gasteiger partial charge on any atom is -0.480 e. The van der Waals surface area contributed by atoms with E-state index in [4.69, 9.17) is 9.52 Å². The van der Waals surface area contributed by atoms with Crippen molar-refractivity contribution < 1.29 is 22.7 Å². The Hall–Kier alpha value is -2.13. The summed E-state index contributed by atoms with van der Waals surface area (Å²) in [6.07, 6.45) is 0. The van der Waals surface area contributed by atoms with Gasteiger partial charge >= 0.3 is 11.7 Å². The second-order valence-electron chi connectivity index (χ2n) is 4.21. The Morgan fingerprint density at radius 3 is 2.70 bits per heavy atom. The Morgan fingerprint density at radius 1 is 1.45 bits per heavy atom. The van der Waals surface area contributed by atoms with Crippen molar-refractivity contribution in [1.29, 1.82) is 0 Å². The van der Waals surface area contributed by atoms with Crippen LogP contribution in [0.25, 0.3) is 11.1 Å². The Morgan fingerprint density at radius 2 is 2.10 bits per heavy atom. The fourth-order valence-corrected chi connectivity index (χ4v) is 2.95. The highest BCUT2D eigenvalue weighted by atomic mass is 32.2. The zero-order chi connectivity index (χ0) is 15.1. The number of hydrogen-bond donors (Lipinski definition) is 2. The van der Waals surface area contributed by atoms with Crippen LogP contribution in [0.15, 0.2) is 32.3 Å². The van der Waals surface area contributed by atoms with Crippen LogP contribution in [0, 0.1) is 0 Å². The molecule has 1 heterocycles. The maximum absolute atomic E-state index is 12.3. The topological polar surface area (TPSA) is 121 Å². The molecule has 1 aromatic carbocycles. The van der Waals surface area contributed by atoms with E-state index in [0.29, 0.717) is 5.52 Å². The molecule has 2 aromatic rings. The predicted octanol–water partition coefficient (Wildman–Crippen LogP) is 0.215. The number of sulfonamides is 1. The highest BCUT2D eigenvalue weighted by molar-refractivity contribution is 7.89. The quantitative estimate of drug-likeness (QED) is 0.833. The second kappa shape index (κ2) is 4.76. The van der Waals surface area contributed by atoms with E-state index >= 15 is 0 Å². The molecule has 108 valence electrons. The normalized spacial score (nSPS) is 13.8. The third kappa shape index (κ3) is 2.32. The summed E-state index contributed by atoms with van der Waals surface area (Å²) in [5.74, 6) is -1.95. The van der Waals surface area contributed by atoms with Crippen LogP contribution in [-0.4, -0.2) is 41.9 Å². The number of benzene rings is 1. The van der Waals surface area contributed by atoms with E-state index in [9.17, 15) is 18.0 Å². The smallest absolute Gasteiger partial charge is 0.417 e. The SMILES string of the molecule is CC(C(=O)O)N(C)S(=O)(=O)c1ccc2[nH]c(=O)oc2c1. The van der Waals surface area contributed by atoms with Crippen molar-refractivity contribution in [2.45, 2.75) is 17.9 Å². The lowest BCUT2D eigenvalue weighted by Crippen LogP contribution is -2.40. The van der Waals surface area contributed by atoms with E-state index in [1.807, 2.05) is 0 Å². The van der Waals surface area contributed by atoms with Gasteiger partial charge in [-0.1, -0.05) is 0 Å². The van der Waals surface area contributed by atoms with Gasteiger partial charge in [0.2, 0.25) is 10.0 Å². The van der Waals surface area contributed by atoms with Crippen molar-refractivity contribution in [2.75, 3.05) is 7.05 Å². The van der Waals surface area contributed by atoms with Gasteiger partial charge in [-0.05, 0) is 19.1 Å². The molecule has 0 radical (unpaired) electrons. The summed E-state index contributed by atoms with van der Waals surface area (Å²) in [7, 11) is -2.82. The van der Waals surface area contributed by atoms with Gasteiger partial charge in [-0.2, -0.15) is 4.31 Å². The minimum atomic E-state index is -3.99. The molecule has 0 spiro atoms. The third-order valence-corrected chi connectivity index (χ3v) is 4.90. The number of H-pyrrole nitrogens is 1. The van der Waals surface area contributed by atoms with Gasteiger partial charge in [0, 0.05) is 13.1 Å². The number of aromatic amines is 1. The molecule has 0 aliphatic rings. The van der Waals surface area contributed by atoms with Crippen LogP contribution < -0.4 is 5.76 Å². The van der Waals surface area contributed by atoms with Gasteiger partial charge in [-0.3, -0.25) is 9.78 Å². The first kappa shape index (κ1) is 14.3. The first-order valence-corrected chi connectivity index (χ1v) is 7.01. The number of aromatic nitrogens is 1. The van der Waals surface area contributed by atoms with Crippen LogP contribution in [0.2, 0.25) is 0 Å². The zero-order valence-electron chi connectivity index (χ0n) is 10.7. The predicted molar refractivity (Wildman–Crippen MR) is 68.9 cm³/mol. The molecule has 0 aliphatic heterocycles. The Kier molecular flexibility index (Phi) is 3.40. The van der Waals surface area contributed by atoms with E-state index in [0.717, 1.165) is 4.31 Å². The summed E-state index contributed by atoms with van der Waals surface area (Å²) in [5.41, 5.74) is 0.454. The first-order chi connectivity index (χ1) is 9.23. The summed E-state index contributed by atoms with van der Waals surface area (Å²) in [6.45, 7) is 1.26. The summed E-state index contributed by atoms with van der Waals surface area (Å²) >= 11 is 0. The lowest BCUT2D eigenvalue weighted by molar-refractivity contribution is -0.140. The maximum atomic E-state index is 12.3. The molecule has 0 aliphatic carbocycles. The van der Waals surface area contributed by atoms with Crippen molar-refractivity contribution >= 4 is 27.1 Å². The Labute approximate surface area is 113 Å². The number of carbonyl (C=O) groups is 1. The highest BCUT2D eigenvalue weighted by Crippen LogP contribution is 2.20. The molecule has 0 amide bonds. The van der Waals surface area contributed by atoms with Gasteiger partial charge in [0.15, 0.2) is 5.58 Å². The summed E-state index contributed by atoms with van der Waals surface area (Å²) in [5, 5.41) is 8.87. The Balaban J connectivity index is 2.51. The van der Waals surface area contributed by atoms with Gasteiger partial charge in [-0.15, -0.1) is 0 Å². The number of hydrogen-bond acceptors (Lipinski definition) is 5. The summed E-state index contributed by atoms with van der Waals surface area (Å²) < 4.78 is 30.0. The number of carboxylic acid groups (broad SMARTS) is 1. The zero-order valence-corrected chi connectivity index (χ0v) is 11.5. The van der Waals surface area contributed by atoms with Gasteiger partial charge in [0.1, 0.15) is 6.04 Å². The Bertz CT molecular complexity index is 819. The van der Waals surface area contributed by atoms with Gasteiger partial charge < -0.3 is 9.52 Å². The number of fused-ring (bicyclic) bond motifs is 1. The monoisotopic (exact) mass is 300 g/mol. The van der Waals surface area contributed by atoms with Crippen LogP contribution >= 0.6 is 0 Å². The fourth-order valence-electron chi connectivity index (χ4n) is 1.62. The molecular weight excluding hydrogens is 288 g/mol. The number of carboxylic acids is 1. The maximum Gasteiger partial charge on any atom is 0.417 e. The van der Waals surface area contributed by atoms with Crippen LogP contribution in [0.3, 0.4) is 0 Å². The molecule has 8 nitrogen and oxygen atoms in total. The molecule has 0 bridgehead atoms. The first-order valence-electron chi connectivity index (χ1n) is 5.57. The number of oxazole rings is 1. The average Bonchev–Trinajstić information content (AvgIpc) is 2.75. The van der Waals surface area contributed by atoms with Gasteiger partial charge in [0.05, 0.1) is 10.4 Å². The summed E-state index contributed by atoms with van der Waals surface area (Å²) in [6, 6.07) is 2.61. The molecule has 1 aromatic heterocycles. The lowest BCUT2D eigenvalue weighted by atomic mass is 10.3.